The van der Waals surface area contributed by atoms with E-state index in [1.54, 1.807) is 13.2 Å². The van der Waals surface area contributed by atoms with Crippen LogP contribution in [0.2, 0.25) is 5.02 Å². The van der Waals surface area contributed by atoms with Gasteiger partial charge in [0.1, 0.15) is 11.4 Å². The maximum Gasteiger partial charge on any atom is 0.268 e. The lowest BCUT2D eigenvalue weighted by molar-refractivity contribution is 0.0952. The predicted octanol–water partition coefficient (Wildman–Crippen LogP) is 2.51. The third kappa shape index (κ3) is 1.64. The summed E-state index contributed by atoms with van der Waals surface area (Å²) < 4.78 is 5.23. The van der Waals surface area contributed by atoms with Crippen LogP contribution < -0.4 is 10.1 Å². The molecular formula is C13H13ClN2O2. The van der Waals surface area contributed by atoms with Crippen molar-refractivity contribution in [3.05, 3.63) is 28.4 Å². The molecule has 0 saturated carbocycles. The van der Waals surface area contributed by atoms with Crippen LogP contribution in [-0.2, 0) is 6.42 Å². The second kappa shape index (κ2) is 4.21. The number of aromatic amines is 1. The van der Waals surface area contributed by atoms with E-state index in [2.05, 4.69) is 10.3 Å². The molecule has 0 atom stereocenters. The molecule has 0 fully saturated rings. The normalized spacial score (nSPS) is 15.1. The first kappa shape index (κ1) is 11.4. The van der Waals surface area contributed by atoms with Crippen LogP contribution in [0.5, 0.6) is 5.75 Å². The van der Waals surface area contributed by atoms with E-state index in [-0.39, 0.29) is 5.91 Å². The van der Waals surface area contributed by atoms with Crippen LogP contribution in [0.15, 0.2) is 12.1 Å². The molecule has 3 rings (SSSR count). The first-order chi connectivity index (χ1) is 8.70. The number of amides is 1. The van der Waals surface area contributed by atoms with Crippen LogP contribution in [0.25, 0.3) is 10.9 Å². The number of ether oxygens (including phenoxy) is 1. The van der Waals surface area contributed by atoms with E-state index >= 15 is 0 Å². The molecule has 5 heteroatoms. The molecule has 0 spiro atoms. The fourth-order valence-electron chi connectivity index (χ4n) is 2.42. The van der Waals surface area contributed by atoms with E-state index in [4.69, 9.17) is 16.3 Å². The average molecular weight is 265 g/mol. The maximum atomic E-state index is 11.9. The Morgan fingerprint density at radius 1 is 1.39 bits per heavy atom. The average Bonchev–Trinajstić information content (AvgIpc) is 2.61. The molecule has 1 aliphatic heterocycles. The zero-order valence-corrected chi connectivity index (χ0v) is 10.7. The van der Waals surface area contributed by atoms with Gasteiger partial charge < -0.3 is 15.0 Å². The van der Waals surface area contributed by atoms with E-state index in [1.165, 1.54) is 0 Å². The van der Waals surface area contributed by atoms with Gasteiger partial charge in [-0.2, -0.15) is 0 Å². The van der Waals surface area contributed by atoms with Crippen molar-refractivity contribution in [3.8, 4) is 5.75 Å². The molecule has 2 heterocycles. The minimum atomic E-state index is -0.0474. The Bertz CT molecular complexity index is 633. The zero-order valence-electron chi connectivity index (χ0n) is 9.97. The third-order valence-electron chi connectivity index (χ3n) is 3.29. The topological polar surface area (TPSA) is 54.1 Å². The first-order valence-electron chi connectivity index (χ1n) is 5.87. The molecule has 4 nitrogen and oxygen atoms in total. The Balaban J connectivity index is 2.28. The Labute approximate surface area is 109 Å². The standard InChI is InChI=1S/C13H13ClN2O2/c1-18-11-5-8-7-3-2-4-15-13(17)12(7)16-10(8)6-9(11)14/h5-6,16H,2-4H2,1H3,(H,15,17). The quantitative estimate of drug-likeness (QED) is 0.832. The number of carbonyl (C=O) groups excluding carboxylic acids is 1. The maximum absolute atomic E-state index is 11.9. The minimum absolute atomic E-state index is 0.0474. The number of rotatable bonds is 1. The summed E-state index contributed by atoms with van der Waals surface area (Å²) >= 11 is 6.09. The van der Waals surface area contributed by atoms with E-state index in [1.807, 2.05) is 6.07 Å². The van der Waals surface area contributed by atoms with Gasteiger partial charge in [-0.25, -0.2) is 0 Å². The number of nitrogens with one attached hydrogen (secondary N) is 2. The van der Waals surface area contributed by atoms with Gasteiger partial charge in [0.15, 0.2) is 0 Å². The summed E-state index contributed by atoms with van der Waals surface area (Å²) in [5.74, 6) is 0.587. The monoisotopic (exact) mass is 264 g/mol. The molecule has 94 valence electrons. The Morgan fingerprint density at radius 3 is 3.00 bits per heavy atom. The van der Waals surface area contributed by atoms with Crippen LogP contribution in [0.4, 0.5) is 0 Å². The summed E-state index contributed by atoms with van der Waals surface area (Å²) in [5.41, 5.74) is 2.57. The molecule has 1 amide bonds. The number of aryl methyl sites for hydroxylation is 1. The van der Waals surface area contributed by atoms with E-state index < -0.39 is 0 Å². The largest absolute Gasteiger partial charge is 0.495 e. The minimum Gasteiger partial charge on any atom is -0.495 e. The van der Waals surface area contributed by atoms with E-state index in [9.17, 15) is 4.79 Å². The second-order valence-electron chi connectivity index (χ2n) is 4.37. The summed E-state index contributed by atoms with van der Waals surface area (Å²) in [4.78, 5) is 15.1. The van der Waals surface area contributed by atoms with Gasteiger partial charge in [0.25, 0.3) is 5.91 Å². The van der Waals surface area contributed by atoms with Crippen molar-refractivity contribution in [3.63, 3.8) is 0 Å². The highest BCUT2D eigenvalue weighted by molar-refractivity contribution is 6.32. The molecule has 0 bridgehead atoms. The SMILES string of the molecule is COc1cc2c3c([nH]c2cc1Cl)C(=O)NCCC3. The van der Waals surface area contributed by atoms with Crippen molar-refractivity contribution in [2.45, 2.75) is 12.8 Å². The molecule has 1 aromatic carbocycles. The lowest BCUT2D eigenvalue weighted by Gasteiger charge is -2.03. The summed E-state index contributed by atoms with van der Waals surface area (Å²) in [6, 6.07) is 3.70. The van der Waals surface area contributed by atoms with Gasteiger partial charge in [-0.1, -0.05) is 11.6 Å². The molecule has 0 unspecified atom stereocenters. The summed E-state index contributed by atoms with van der Waals surface area (Å²) in [7, 11) is 1.59. The highest BCUT2D eigenvalue weighted by Gasteiger charge is 2.21. The highest BCUT2D eigenvalue weighted by atomic mass is 35.5. The molecule has 0 saturated heterocycles. The van der Waals surface area contributed by atoms with Crippen LogP contribution in [0.3, 0.4) is 0 Å². The molecule has 18 heavy (non-hydrogen) atoms. The van der Waals surface area contributed by atoms with Gasteiger partial charge in [-0.3, -0.25) is 4.79 Å². The first-order valence-corrected chi connectivity index (χ1v) is 6.25. The number of methoxy groups -OCH3 is 1. The smallest absolute Gasteiger partial charge is 0.268 e. The number of hydrogen-bond donors (Lipinski definition) is 2. The number of aromatic nitrogens is 1. The van der Waals surface area contributed by atoms with Gasteiger partial charge in [-0.05, 0) is 30.5 Å². The number of benzene rings is 1. The van der Waals surface area contributed by atoms with Crippen molar-refractivity contribution >= 4 is 28.4 Å². The van der Waals surface area contributed by atoms with E-state index in [0.29, 0.717) is 23.0 Å². The van der Waals surface area contributed by atoms with Gasteiger partial charge in [0.05, 0.1) is 12.1 Å². The molecule has 0 radical (unpaired) electrons. The number of H-pyrrole nitrogens is 1. The van der Waals surface area contributed by atoms with E-state index in [0.717, 1.165) is 29.3 Å². The summed E-state index contributed by atoms with van der Waals surface area (Å²) in [6.07, 6.45) is 1.81. The number of fused-ring (bicyclic) bond motifs is 3. The third-order valence-corrected chi connectivity index (χ3v) is 3.59. The molecule has 2 N–H and O–H groups in total. The molecule has 0 aliphatic carbocycles. The van der Waals surface area contributed by atoms with Crippen molar-refractivity contribution in [1.82, 2.24) is 10.3 Å². The van der Waals surface area contributed by atoms with Gasteiger partial charge >= 0.3 is 0 Å². The number of carbonyl (C=O) groups is 1. The van der Waals surface area contributed by atoms with Crippen molar-refractivity contribution in [2.75, 3.05) is 13.7 Å². The number of halogens is 1. The Morgan fingerprint density at radius 2 is 2.22 bits per heavy atom. The summed E-state index contributed by atoms with van der Waals surface area (Å²) in [6.45, 7) is 0.716. The zero-order chi connectivity index (χ0) is 12.7. The lowest BCUT2D eigenvalue weighted by Crippen LogP contribution is -2.22. The Kier molecular flexibility index (Phi) is 2.67. The second-order valence-corrected chi connectivity index (χ2v) is 4.78. The highest BCUT2D eigenvalue weighted by Crippen LogP contribution is 2.33. The predicted molar refractivity (Wildman–Crippen MR) is 70.5 cm³/mol. The van der Waals surface area contributed by atoms with Crippen molar-refractivity contribution in [2.24, 2.45) is 0 Å². The van der Waals surface area contributed by atoms with Crippen LogP contribution in [0, 0.1) is 0 Å². The number of hydrogen-bond acceptors (Lipinski definition) is 2. The fourth-order valence-corrected chi connectivity index (χ4v) is 2.66. The molecule has 1 aliphatic rings. The Hall–Kier alpha value is -1.68. The van der Waals surface area contributed by atoms with Crippen LogP contribution in [0.1, 0.15) is 22.5 Å². The fraction of sp³-hybridized carbons (Fsp3) is 0.308. The van der Waals surface area contributed by atoms with Gasteiger partial charge in [-0.15, -0.1) is 0 Å². The van der Waals surface area contributed by atoms with Gasteiger partial charge in [0.2, 0.25) is 0 Å². The van der Waals surface area contributed by atoms with Crippen LogP contribution >= 0.6 is 11.6 Å². The van der Waals surface area contributed by atoms with Gasteiger partial charge in [0, 0.05) is 17.4 Å². The van der Waals surface area contributed by atoms with Crippen molar-refractivity contribution in [1.29, 1.82) is 0 Å². The van der Waals surface area contributed by atoms with Crippen LogP contribution in [-0.4, -0.2) is 24.5 Å². The molecule has 1 aromatic heterocycles. The molecular weight excluding hydrogens is 252 g/mol. The van der Waals surface area contributed by atoms with Crippen molar-refractivity contribution < 1.29 is 9.53 Å². The molecule has 2 aromatic rings. The summed E-state index contributed by atoms with van der Waals surface area (Å²) in [5, 5.41) is 4.43. The lowest BCUT2D eigenvalue weighted by atomic mass is 10.1.